The molecule has 0 fully saturated rings. The van der Waals surface area contributed by atoms with Crippen molar-refractivity contribution in [2.45, 2.75) is 19.8 Å². The zero-order chi connectivity index (χ0) is 28.7. The summed E-state index contributed by atoms with van der Waals surface area (Å²) in [5.41, 5.74) is 6.66. The van der Waals surface area contributed by atoms with Crippen LogP contribution in [0.25, 0.3) is 49.3 Å². The van der Waals surface area contributed by atoms with Crippen molar-refractivity contribution in [1.82, 2.24) is 0 Å². The fourth-order valence-electron chi connectivity index (χ4n) is 5.94. The van der Waals surface area contributed by atoms with Crippen LogP contribution >= 0.6 is 0 Å². The second kappa shape index (κ2) is 11.8. The van der Waals surface area contributed by atoms with Gasteiger partial charge in [-0.3, -0.25) is 0 Å². The molecule has 0 radical (unpaired) electrons. The molecule has 0 aliphatic carbocycles. The Balaban J connectivity index is 0.00000353. The molecule has 6 heteroatoms. The summed E-state index contributed by atoms with van der Waals surface area (Å²) in [6.07, 6.45) is 2.12. The van der Waals surface area contributed by atoms with Crippen LogP contribution in [-0.4, -0.2) is 28.4 Å². The third kappa shape index (κ3) is 4.74. The number of rotatable bonds is 7. The minimum atomic E-state index is 0. The molecule has 2 aromatic heterocycles. The van der Waals surface area contributed by atoms with Crippen LogP contribution in [0.5, 0.6) is 23.0 Å². The van der Waals surface area contributed by atoms with E-state index in [9.17, 15) is 0 Å². The molecular weight excluding hydrogens is 546 g/mol. The molecule has 0 N–H and O–H groups in total. The third-order valence-corrected chi connectivity index (χ3v) is 7.84. The van der Waals surface area contributed by atoms with E-state index in [0.717, 1.165) is 43.9 Å². The molecule has 0 bridgehead atoms. The average molecular weight is 580 g/mol. The maximum Gasteiger partial charge on any atom is 0.219 e. The predicted octanol–water partition coefficient (Wildman–Crippen LogP) is 5.23. The Hall–Kier alpha value is -4.48. The third-order valence-electron chi connectivity index (χ3n) is 7.84. The Kier molecular flexibility index (Phi) is 8.15. The molecule has 4 aromatic carbocycles. The van der Waals surface area contributed by atoms with Crippen LogP contribution in [-0.2, 0) is 0 Å². The second-order valence-corrected chi connectivity index (χ2v) is 10.4. The largest absolute Gasteiger partial charge is 1.00 e. The zero-order valence-corrected chi connectivity index (χ0v) is 25.5. The standard InChI is InChI=1S/C36H34NO4.ClH/c1-22(2)34-28-21-33(39-4)32(38-3)19-26(28)18-31-30-20-29(36(41-6)35(40-5)27(30)16-17-37(31)34)25-14-12-24(13-15-25)23-10-8-7-9-11-23;/h7-22H,1-6H3;1H/q+1;/p-1. The summed E-state index contributed by atoms with van der Waals surface area (Å²) in [4.78, 5) is 0. The first-order valence-corrected chi connectivity index (χ1v) is 13.8. The average Bonchev–Trinajstić information content (AvgIpc) is 3.02. The quantitative estimate of drug-likeness (QED) is 0.148. The summed E-state index contributed by atoms with van der Waals surface area (Å²) in [5, 5.41) is 4.28. The van der Waals surface area contributed by atoms with E-state index >= 15 is 0 Å². The molecule has 0 saturated carbocycles. The number of halogens is 1. The van der Waals surface area contributed by atoms with Gasteiger partial charge in [-0.05, 0) is 40.3 Å². The Bertz CT molecular complexity index is 1900. The highest BCUT2D eigenvalue weighted by Gasteiger charge is 2.26. The minimum absolute atomic E-state index is 0. The van der Waals surface area contributed by atoms with Crippen LogP contribution in [0.4, 0.5) is 0 Å². The van der Waals surface area contributed by atoms with Crippen molar-refractivity contribution in [3.63, 3.8) is 0 Å². The maximum atomic E-state index is 6.01. The molecule has 0 spiro atoms. The fraction of sp³-hybridized carbons (Fsp3) is 0.194. The van der Waals surface area contributed by atoms with Gasteiger partial charge in [0.25, 0.3) is 0 Å². The molecule has 0 saturated heterocycles. The first-order chi connectivity index (χ1) is 20.0. The number of benzene rings is 4. The molecule has 6 aromatic rings. The van der Waals surface area contributed by atoms with E-state index in [1.54, 1.807) is 28.4 Å². The first kappa shape index (κ1) is 29.0. The lowest BCUT2D eigenvalue weighted by molar-refractivity contribution is -0.520. The van der Waals surface area contributed by atoms with E-state index in [0.29, 0.717) is 17.2 Å². The lowest BCUT2D eigenvalue weighted by Crippen LogP contribution is -3.00. The monoisotopic (exact) mass is 579 g/mol. The van der Waals surface area contributed by atoms with Gasteiger partial charge in [0.15, 0.2) is 34.9 Å². The number of fused-ring (bicyclic) bond motifs is 4. The molecule has 0 aliphatic heterocycles. The number of ether oxygens (including phenoxy) is 4. The smallest absolute Gasteiger partial charge is 0.219 e. The Morgan fingerprint density at radius 3 is 1.81 bits per heavy atom. The van der Waals surface area contributed by atoms with E-state index < -0.39 is 0 Å². The van der Waals surface area contributed by atoms with Crippen LogP contribution in [0.15, 0.2) is 91.1 Å². The summed E-state index contributed by atoms with van der Waals surface area (Å²) in [6.45, 7) is 4.44. The van der Waals surface area contributed by atoms with Gasteiger partial charge in [-0.25, -0.2) is 0 Å². The molecule has 214 valence electrons. The summed E-state index contributed by atoms with van der Waals surface area (Å²) in [6, 6.07) is 29.7. The molecular formula is C36H34ClNO4. The molecule has 0 aliphatic rings. The van der Waals surface area contributed by atoms with Crippen LogP contribution in [0.3, 0.4) is 0 Å². The van der Waals surface area contributed by atoms with E-state index in [1.807, 2.05) is 6.07 Å². The van der Waals surface area contributed by atoms with Crippen LogP contribution in [0, 0.1) is 0 Å². The lowest BCUT2D eigenvalue weighted by Gasteiger charge is -2.17. The van der Waals surface area contributed by atoms with Crippen molar-refractivity contribution < 1.29 is 35.8 Å². The summed E-state index contributed by atoms with van der Waals surface area (Å²) < 4.78 is 25.6. The van der Waals surface area contributed by atoms with Gasteiger partial charge in [0.05, 0.1) is 39.2 Å². The van der Waals surface area contributed by atoms with Gasteiger partial charge in [-0.2, -0.15) is 4.40 Å². The van der Waals surface area contributed by atoms with Gasteiger partial charge in [-0.1, -0.05) is 68.4 Å². The summed E-state index contributed by atoms with van der Waals surface area (Å²) >= 11 is 0. The molecule has 5 nitrogen and oxygen atoms in total. The van der Waals surface area contributed by atoms with Crippen LogP contribution in [0.2, 0.25) is 0 Å². The van der Waals surface area contributed by atoms with E-state index in [2.05, 4.69) is 103 Å². The maximum absolute atomic E-state index is 6.01. The van der Waals surface area contributed by atoms with Gasteiger partial charge in [0, 0.05) is 29.0 Å². The van der Waals surface area contributed by atoms with Crippen molar-refractivity contribution in [3.8, 4) is 45.3 Å². The molecule has 0 amide bonds. The van der Waals surface area contributed by atoms with Gasteiger partial charge in [-0.15, -0.1) is 0 Å². The second-order valence-electron chi connectivity index (χ2n) is 10.4. The normalized spacial score (nSPS) is 11.1. The molecule has 42 heavy (non-hydrogen) atoms. The molecule has 0 unspecified atom stereocenters. The number of hydrogen-bond donors (Lipinski definition) is 0. The van der Waals surface area contributed by atoms with Crippen molar-refractivity contribution in [1.29, 1.82) is 0 Å². The number of hydrogen-bond acceptors (Lipinski definition) is 4. The van der Waals surface area contributed by atoms with Crippen LogP contribution in [0.1, 0.15) is 25.5 Å². The topological polar surface area (TPSA) is 41.0 Å². The highest BCUT2D eigenvalue weighted by molar-refractivity contribution is 6.05. The lowest BCUT2D eigenvalue weighted by atomic mass is 9.95. The van der Waals surface area contributed by atoms with Gasteiger partial charge < -0.3 is 31.4 Å². The number of aromatic nitrogens is 1. The van der Waals surface area contributed by atoms with Crippen molar-refractivity contribution >= 4 is 27.1 Å². The minimum Gasteiger partial charge on any atom is -1.00 e. The fourth-order valence-corrected chi connectivity index (χ4v) is 5.94. The van der Waals surface area contributed by atoms with E-state index in [1.165, 1.54) is 16.8 Å². The first-order valence-electron chi connectivity index (χ1n) is 13.8. The predicted molar refractivity (Wildman–Crippen MR) is 166 cm³/mol. The highest BCUT2D eigenvalue weighted by Crippen LogP contribution is 2.45. The highest BCUT2D eigenvalue weighted by atomic mass is 35.5. The van der Waals surface area contributed by atoms with E-state index in [-0.39, 0.29) is 18.3 Å². The number of pyridine rings is 2. The molecule has 6 rings (SSSR count). The number of nitrogens with zero attached hydrogens (tertiary/aromatic N) is 1. The SMILES string of the molecule is COc1cc2cc3c4cc(-c5ccc(-c6ccccc6)cc5)c(OC)c(OC)c4cc[n+]3c(C(C)C)c2cc1OC.[Cl-]. The summed E-state index contributed by atoms with van der Waals surface area (Å²) in [5.74, 6) is 3.11. The van der Waals surface area contributed by atoms with Crippen molar-refractivity contribution in [3.05, 3.63) is 96.8 Å². The summed E-state index contributed by atoms with van der Waals surface area (Å²) in [7, 11) is 6.75. The van der Waals surface area contributed by atoms with Crippen molar-refractivity contribution in [2.24, 2.45) is 0 Å². The Morgan fingerprint density at radius 1 is 0.571 bits per heavy atom. The van der Waals surface area contributed by atoms with Crippen molar-refractivity contribution in [2.75, 3.05) is 28.4 Å². The molecule has 2 heterocycles. The Labute approximate surface area is 252 Å². The van der Waals surface area contributed by atoms with E-state index in [4.69, 9.17) is 18.9 Å². The van der Waals surface area contributed by atoms with Gasteiger partial charge in [0.1, 0.15) is 0 Å². The Morgan fingerprint density at radius 2 is 1.19 bits per heavy atom. The van der Waals surface area contributed by atoms with Crippen LogP contribution < -0.4 is 35.8 Å². The van der Waals surface area contributed by atoms with Gasteiger partial charge in [0.2, 0.25) is 5.52 Å². The zero-order valence-electron chi connectivity index (χ0n) is 24.7. The number of methoxy groups -OCH3 is 4. The van der Waals surface area contributed by atoms with Gasteiger partial charge >= 0.3 is 0 Å². The molecule has 0 atom stereocenters.